The Bertz CT molecular complexity index is 1300. The average Bonchev–Trinajstić information content (AvgIpc) is 3.43. The second-order valence-electron chi connectivity index (χ2n) is 8.77. The number of anilines is 1. The monoisotopic (exact) mass is 526 g/mol. The van der Waals surface area contributed by atoms with Crippen molar-refractivity contribution in [3.63, 3.8) is 0 Å². The van der Waals surface area contributed by atoms with Gasteiger partial charge in [-0.3, -0.25) is 14.4 Å². The predicted octanol–water partition coefficient (Wildman–Crippen LogP) is 3.87. The Kier molecular flexibility index (Phi) is 8.10. The molecule has 0 radical (unpaired) electrons. The Morgan fingerprint density at radius 3 is 2.72 bits per heavy atom. The van der Waals surface area contributed by atoms with Gasteiger partial charge < -0.3 is 20.9 Å². The van der Waals surface area contributed by atoms with Crippen LogP contribution < -0.4 is 16.4 Å². The topological polar surface area (TPSA) is 132 Å². The fraction of sp³-hybridized carbons (Fsp3) is 0.400. The molecule has 0 spiro atoms. The van der Waals surface area contributed by atoms with Crippen LogP contribution in [0.15, 0.2) is 29.4 Å². The zero-order valence-electron chi connectivity index (χ0n) is 20.6. The predicted molar refractivity (Wildman–Crippen MR) is 142 cm³/mol. The van der Waals surface area contributed by atoms with E-state index in [1.807, 2.05) is 43.5 Å². The summed E-state index contributed by atoms with van der Waals surface area (Å²) >= 11 is 2.70. The highest BCUT2D eigenvalue weighted by Gasteiger charge is 2.25. The number of primary amides is 1. The van der Waals surface area contributed by atoms with Crippen LogP contribution in [0.5, 0.6) is 0 Å². The number of nitrogens with zero attached hydrogens (tertiary/aromatic N) is 3. The molecule has 0 fully saturated rings. The van der Waals surface area contributed by atoms with Crippen molar-refractivity contribution in [2.45, 2.75) is 64.2 Å². The number of hydrogen-bond donors (Lipinski definition) is 3. The fourth-order valence-electron chi connectivity index (χ4n) is 4.36. The van der Waals surface area contributed by atoms with E-state index >= 15 is 0 Å². The van der Waals surface area contributed by atoms with Gasteiger partial charge in [-0.05, 0) is 64.2 Å². The van der Waals surface area contributed by atoms with Crippen molar-refractivity contribution in [2.75, 3.05) is 11.1 Å². The summed E-state index contributed by atoms with van der Waals surface area (Å²) in [5, 5.41) is 15.5. The molecule has 9 nitrogen and oxygen atoms in total. The zero-order chi connectivity index (χ0) is 25.8. The fourth-order valence-corrected chi connectivity index (χ4v) is 6.48. The van der Waals surface area contributed by atoms with Crippen molar-refractivity contribution >= 4 is 45.8 Å². The Morgan fingerprint density at radius 1 is 1.22 bits per heavy atom. The van der Waals surface area contributed by atoms with Crippen LogP contribution in [0, 0.1) is 6.92 Å². The summed E-state index contributed by atoms with van der Waals surface area (Å²) in [6.07, 6.45) is 3.82. The molecule has 3 aromatic rings. The first-order valence-corrected chi connectivity index (χ1v) is 13.8. The molecule has 1 aromatic carbocycles. The molecule has 11 heteroatoms. The molecule has 4 rings (SSSR count). The second kappa shape index (κ2) is 11.3. The molecule has 1 unspecified atom stereocenters. The zero-order valence-corrected chi connectivity index (χ0v) is 22.2. The summed E-state index contributed by atoms with van der Waals surface area (Å²) in [6, 6.07) is 7.02. The number of thiophene rings is 1. The van der Waals surface area contributed by atoms with E-state index in [1.165, 1.54) is 23.1 Å². The van der Waals surface area contributed by atoms with Crippen molar-refractivity contribution < 1.29 is 14.4 Å². The van der Waals surface area contributed by atoms with Gasteiger partial charge in [-0.15, -0.1) is 21.5 Å². The quantitative estimate of drug-likeness (QED) is 0.363. The van der Waals surface area contributed by atoms with E-state index < -0.39 is 5.91 Å². The lowest BCUT2D eigenvalue weighted by Crippen LogP contribution is -2.28. The summed E-state index contributed by atoms with van der Waals surface area (Å²) in [5.74, 6) is -0.218. The highest BCUT2D eigenvalue weighted by Crippen LogP contribution is 2.38. The van der Waals surface area contributed by atoms with Crippen molar-refractivity contribution in [3.8, 4) is 0 Å². The summed E-state index contributed by atoms with van der Waals surface area (Å²) in [7, 11) is 0. The first-order chi connectivity index (χ1) is 17.3. The largest absolute Gasteiger partial charge is 0.365 e. The summed E-state index contributed by atoms with van der Waals surface area (Å²) in [5.41, 5.74) is 8.66. The molecule has 0 aliphatic heterocycles. The van der Waals surface area contributed by atoms with Crippen LogP contribution in [-0.2, 0) is 24.2 Å². The first-order valence-electron chi connectivity index (χ1n) is 12.0. The van der Waals surface area contributed by atoms with Gasteiger partial charge in [-0.1, -0.05) is 29.5 Å². The van der Waals surface area contributed by atoms with Gasteiger partial charge in [0, 0.05) is 17.0 Å². The molecular weight excluding hydrogens is 496 g/mol. The number of aromatic nitrogens is 3. The minimum Gasteiger partial charge on any atom is -0.365 e. The van der Waals surface area contributed by atoms with Crippen molar-refractivity contribution in [3.05, 3.63) is 57.2 Å². The Morgan fingerprint density at radius 2 is 2.00 bits per heavy atom. The first kappa shape index (κ1) is 25.9. The van der Waals surface area contributed by atoms with Gasteiger partial charge in [-0.2, -0.15) is 0 Å². The molecule has 1 aliphatic carbocycles. The molecule has 2 heterocycles. The average molecular weight is 527 g/mol. The number of amides is 3. The standard InChI is InChI=1S/C25H30N6O3S2/c1-4-31-22(15(3)27-23(34)16-9-7-8-14(2)12-16)29-30-25(31)35-13-19(32)28-24-20(21(26)33)17-10-5-6-11-18(17)36-24/h7-9,12,15H,4-6,10-11,13H2,1-3H3,(H2,26,33)(H,27,34)(H,28,32). The third kappa shape index (κ3) is 5.62. The van der Waals surface area contributed by atoms with Crippen LogP contribution in [-0.4, -0.2) is 38.2 Å². The Labute approximate surface area is 218 Å². The minimum atomic E-state index is -0.505. The van der Waals surface area contributed by atoms with Crippen LogP contribution in [0.25, 0.3) is 0 Å². The lowest BCUT2D eigenvalue weighted by Gasteiger charge is -2.15. The van der Waals surface area contributed by atoms with Crippen LogP contribution in [0.4, 0.5) is 5.00 Å². The molecule has 36 heavy (non-hydrogen) atoms. The number of nitrogens with two attached hydrogens (primary N) is 1. The number of fused-ring (bicyclic) bond motifs is 1. The Balaban J connectivity index is 1.41. The molecular formula is C25H30N6O3S2. The lowest BCUT2D eigenvalue weighted by molar-refractivity contribution is -0.113. The lowest BCUT2D eigenvalue weighted by atomic mass is 9.95. The SMILES string of the molecule is CCn1c(SCC(=O)Nc2sc3c(c2C(N)=O)CCCC3)nnc1C(C)NC(=O)c1cccc(C)c1. The summed E-state index contributed by atoms with van der Waals surface area (Å²) < 4.78 is 1.89. The van der Waals surface area contributed by atoms with Gasteiger partial charge in [0.25, 0.3) is 11.8 Å². The molecule has 4 N–H and O–H groups in total. The number of carbonyl (C=O) groups is 3. The maximum atomic E-state index is 12.8. The summed E-state index contributed by atoms with van der Waals surface area (Å²) in [6.45, 7) is 6.34. The number of carbonyl (C=O) groups excluding carboxylic acids is 3. The molecule has 190 valence electrons. The van der Waals surface area contributed by atoms with E-state index in [2.05, 4.69) is 20.8 Å². The minimum absolute atomic E-state index is 0.100. The summed E-state index contributed by atoms with van der Waals surface area (Å²) in [4.78, 5) is 38.6. The Hall–Kier alpha value is -3.18. The van der Waals surface area contributed by atoms with E-state index in [0.717, 1.165) is 41.7 Å². The van der Waals surface area contributed by atoms with Crippen molar-refractivity contribution in [1.82, 2.24) is 20.1 Å². The van der Waals surface area contributed by atoms with E-state index in [-0.39, 0.29) is 23.6 Å². The molecule has 1 atom stereocenters. The van der Waals surface area contributed by atoms with Crippen molar-refractivity contribution in [1.29, 1.82) is 0 Å². The van der Waals surface area contributed by atoms with Gasteiger partial charge in [0.05, 0.1) is 17.4 Å². The molecule has 3 amide bonds. The number of benzene rings is 1. The van der Waals surface area contributed by atoms with Gasteiger partial charge >= 0.3 is 0 Å². The van der Waals surface area contributed by atoms with E-state index in [9.17, 15) is 14.4 Å². The van der Waals surface area contributed by atoms with Gasteiger partial charge in [0.15, 0.2) is 11.0 Å². The molecule has 0 saturated heterocycles. The second-order valence-corrected chi connectivity index (χ2v) is 10.8. The maximum absolute atomic E-state index is 12.8. The van der Waals surface area contributed by atoms with Crippen LogP contribution in [0.1, 0.15) is 75.3 Å². The van der Waals surface area contributed by atoms with Crippen LogP contribution in [0.3, 0.4) is 0 Å². The van der Waals surface area contributed by atoms with E-state index in [4.69, 9.17) is 5.73 Å². The molecule has 1 aliphatic rings. The number of nitrogens with one attached hydrogen (secondary N) is 2. The third-order valence-electron chi connectivity index (χ3n) is 6.08. The van der Waals surface area contributed by atoms with Gasteiger partial charge in [0.2, 0.25) is 5.91 Å². The number of hydrogen-bond acceptors (Lipinski definition) is 7. The van der Waals surface area contributed by atoms with E-state index in [0.29, 0.717) is 33.7 Å². The number of aryl methyl sites for hydroxylation is 2. The van der Waals surface area contributed by atoms with Gasteiger partial charge in [0.1, 0.15) is 5.00 Å². The maximum Gasteiger partial charge on any atom is 0.251 e. The molecule has 0 bridgehead atoms. The smallest absolute Gasteiger partial charge is 0.251 e. The number of thioether (sulfide) groups is 1. The van der Waals surface area contributed by atoms with Crippen molar-refractivity contribution in [2.24, 2.45) is 5.73 Å². The van der Waals surface area contributed by atoms with Crippen LogP contribution in [0.2, 0.25) is 0 Å². The highest BCUT2D eigenvalue weighted by atomic mass is 32.2. The highest BCUT2D eigenvalue weighted by molar-refractivity contribution is 7.99. The van der Waals surface area contributed by atoms with E-state index in [1.54, 1.807) is 6.07 Å². The molecule has 0 saturated carbocycles. The third-order valence-corrected chi connectivity index (χ3v) is 8.25. The normalized spacial score (nSPS) is 13.6. The van der Waals surface area contributed by atoms with Crippen LogP contribution >= 0.6 is 23.1 Å². The molecule has 2 aromatic heterocycles. The van der Waals surface area contributed by atoms with Gasteiger partial charge in [-0.25, -0.2) is 0 Å². The number of rotatable bonds is 9.